The van der Waals surface area contributed by atoms with Crippen molar-refractivity contribution in [3.05, 3.63) is 0 Å². The van der Waals surface area contributed by atoms with Gasteiger partial charge in [0.05, 0.1) is 6.10 Å². The molecule has 1 rings (SSSR count). The molecule has 5 nitrogen and oxygen atoms in total. The molecule has 0 unspecified atom stereocenters. The zero-order chi connectivity index (χ0) is 10.8. The second kappa shape index (κ2) is 4.57. The van der Waals surface area contributed by atoms with E-state index in [1.54, 1.807) is 7.05 Å². The molecule has 0 saturated carbocycles. The molecule has 6 heteroatoms. The van der Waals surface area contributed by atoms with Crippen LogP contribution in [0.2, 0.25) is 0 Å². The second-order valence-corrected chi connectivity index (χ2v) is 5.69. The molecule has 84 valence electrons. The van der Waals surface area contributed by atoms with Gasteiger partial charge in [-0.15, -0.1) is 0 Å². The summed E-state index contributed by atoms with van der Waals surface area (Å²) < 4.78 is 26.1. The summed E-state index contributed by atoms with van der Waals surface area (Å²) in [6, 6.07) is 0. The molecule has 0 aliphatic carbocycles. The summed E-state index contributed by atoms with van der Waals surface area (Å²) in [5.41, 5.74) is 0. The van der Waals surface area contributed by atoms with E-state index in [1.165, 1.54) is 8.61 Å². The van der Waals surface area contributed by atoms with E-state index in [2.05, 4.69) is 0 Å². The number of β-amino-alcohol motifs (C(OH)–C–C–N with tert-alkyl or cyclic N) is 1. The molecule has 1 saturated heterocycles. The number of hydrogen-bond donors (Lipinski definition) is 1. The number of unbranched alkanes of at least 4 members (excludes halogenated alkanes) is 1. The Morgan fingerprint density at radius 2 is 2.07 bits per heavy atom. The molecule has 0 amide bonds. The number of aliphatic hydroxyl groups excluding tert-OH is 1. The lowest BCUT2D eigenvalue weighted by atomic mass is 10.2. The predicted octanol–water partition coefficient (Wildman–Crippen LogP) is -0.360. The first-order valence-corrected chi connectivity index (χ1v) is 6.27. The molecule has 1 N–H and O–H groups in total. The number of aliphatic hydroxyl groups is 1. The maximum atomic E-state index is 11.7. The van der Waals surface area contributed by atoms with Gasteiger partial charge in [-0.3, -0.25) is 0 Å². The minimum Gasteiger partial charge on any atom is -0.390 e. The summed E-state index contributed by atoms with van der Waals surface area (Å²) in [5.74, 6) is 0. The Labute approximate surface area is 85.5 Å². The topological polar surface area (TPSA) is 60.9 Å². The van der Waals surface area contributed by atoms with Gasteiger partial charge in [0.25, 0.3) is 10.2 Å². The third-order valence-corrected chi connectivity index (χ3v) is 4.30. The summed E-state index contributed by atoms with van der Waals surface area (Å²) in [6.45, 7) is 3.04. The number of rotatable bonds is 5. The summed E-state index contributed by atoms with van der Waals surface area (Å²) >= 11 is 0. The quantitative estimate of drug-likeness (QED) is 0.691. The highest BCUT2D eigenvalue weighted by Gasteiger charge is 2.36. The first kappa shape index (κ1) is 11.9. The van der Waals surface area contributed by atoms with E-state index in [0.717, 1.165) is 12.8 Å². The monoisotopic (exact) mass is 222 g/mol. The lowest BCUT2D eigenvalue weighted by Gasteiger charge is -2.37. The van der Waals surface area contributed by atoms with Crippen LogP contribution < -0.4 is 0 Å². The lowest BCUT2D eigenvalue weighted by molar-refractivity contribution is 0.0511. The van der Waals surface area contributed by atoms with Crippen LogP contribution in [0.3, 0.4) is 0 Å². The summed E-state index contributed by atoms with van der Waals surface area (Å²) in [5, 5.41) is 9.01. The van der Waals surface area contributed by atoms with Gasteiger partial charge < -0.3 is 5.11 Å². The lowest BCUT2D eigenvalue weighted by Crippen LogP contribution is -2.57. The van der Waals surface area contributed by atoms with Crippen LogP contribution in [0.25, 0.3) is 0 Å². The van der Waals surface area contributed by atoms with Crippen molar-refractivity contribution in [3.63, 3.8) is 0 Å². The Hall–Kier alpha value is -0.170. The minimum atomic E-state index is -3.30. The highest BCUT2D eigenvalue weighted by Crippen LogP contribution is 2.16. The Bertz CT molecular complexity index is 272. The highest BCUT2D eigenvalue weighted by atomic mass is 32.2. The van der Waals surface area contributed by atoms with Gasteiger partial charge in [-0.2, -0.15) is 17.0 Å². The van der Waals surface area contributed by atoms with Crippen LogP contribution in [0, 0.1) is 0 Å². The van der Waals surface area contributed by atoms with Crippen LogP contribution >= 0.6 is 0 Å². The summed E-state index contributed by atoms with van der Waals surface area (Å²) in [4.78, 5) is 0. The Kier molecular flexibility index (Phi) is 3.88. The highest BCUT2D eigenvalue weighted by molar-refractivity contribution is 7.86. The molecule has 1 aliphatic rings. The van der Waals surface area contributed by atoms with Crippen molar-refractivity contribution < 1.29 is 13.5 Å². The Balaban J connectivity index is 2.48. The van der Waals surface area contributed by atoms with E-state index >= 15 is 0 Å². The van der Waals surface area contributed by atoms with Gasteiger partial charge in [0.1, 0.15) is 0 Å². The summed E-state index contributed by atoms with van der Waals surface area (Å²) in [6.07, 6.45) is 1.36. The van der Waals surface area contributed by atoms with Gasteiger partial charge in [0.15, 0.2) is 0 Å². The van der Waals surface area contributed by atoms with Gasteiger partial charge in [0.2, 0.25) is 0 Å². The molecule has 0 aromatic rings. The SMILES string of the molecule is CCCCN(C)S(=O)(=O)N1CC(O)C1. The number of nitrogens with zero attached hydrogens (tertiary/aromatic N) is 2. The first-order chi connectivity index (χ1) is 6.48. The third kappa shape index (κ3) is 2.44. The Morgan fingerprint density at radius 3 is 2.50 bits per heavy atom. The molecule has 0 aromatic carbocycles. The molecular weight excluding hydrogens is 204 g/mol. The van der Waals surface area contributed by atoms with Crippen LogP contribution in [-0.2, 0) is 10.2 Å². The maximum Gasteiger partial charge on any atom is 0.281 e. The van der Waals surface area contributed by atoms with E-state index in [9.17, 15) is 8.42 Å². The molecule has 0 spiro atoms. The van der Waals surface area contributed by atoms with Crippen molar-refractivity contribution in [3.8, 4) is 0 Å². The van der Waals surface area contributed by atoms with Crippen molar-refractivity contribution in [1.29, 1.82) is 0 Å². The molecule has 1 aliphatic heterocycles. The molecular formula is C8H18N2O3S. The molecule has 0 bridgehead atoms. The zero-order valence-electron chi connectivity index (χ0n) is 8.68. The van der Waals surface area contributed by atoms with E-state index < -0.39 is 16.3 Å². The van der Waals surface area contributed by atoms with Crippen LogP contribution in [0.5, 0.6) is 0 Å². The van der Waals surface area contributed by atoms with Crippen molar-refractivity contribution >= 4 is 10.2 Å². The molecule has 1 fully saturated rings. The zero-order valence-corrected chi connectivity index (χ0v) is 9.50. The Morgan fingerprint density at radius 1 is 1.50 bits per heavy atom. The van der Waals surface area contributed by atoms with Gasteiger partial charge in [-0.1, -0.05) is 13.3 Å². The second-order valence-electron chi connectivity index (χ2n) is 3.65. The van der Waals surface area contributed by atoms with Gasteiger partial charge in [0, 0.05) is 26.7 Å². The summed E-state index contributed by atoms with van der Waals surface area (Å²) in [7, 11) is -1.72. The average Bonchev–Trinajstić information content (AvgIpc) is 2.08. The van der Waals surface area contributed by atoms with Crippen LogP contribution in [-0.4, -0.2) is 54.9 Å². The van der Waals surface area contributed by atoms with E-state index in [0.29, 0.717) is 6.54 Å². The van der Waals surface area contributed by atoms with E-state index in [4.69, 9.17) is 5.11 Å². The normalized spacial score (nSPS) is 20.0. The fourth-order valence-corrected chi connectivity index (χ4v) is 2.77. The standard InChI is InChI=1S/C8H18N2O3S/c1-3-4-5-9(2)14(12,13)10-6-8(11)7-10/h8,11H,3-7H2,1-2H3. The smallest absolute Gasteiger partial charge is 0.281 e. The van der Waals surface area contributed by atoms with E-state index in [1.807, 2.05) is 6.92 Å². The molecule has 14 heavy (non-hydrogen) atoms. The van der Waals surface area contributed by atoms with Crippen LogP contribution in [0.15, 0.2) is 0 Å². The van der Waals surface area contributed by atoms with E-state index in [-0.39, 0.29) is 13.1 Å². The average molecular weight is 222 g/mol. The van der Waals surface area contributed by atoms with Crippen molar-refractivity contribution in [1.82, 2.24) is 8.61 Å². The van der Waals surface area contributed by atoms with Crippen molar-refractivity contribution in [2.24, 2.45) is 0 Å². The molecule has 0 atom stereocenters. The largest absolute Gasteiger partial charge is 0.390 e. The van der Waals surface area contributed by atoms with Gasteiger partial charge >= 0.3 is 0 Å². The van der Waals surface area contributed by atoms with Crippen molar-refractivity contribution in [2.75, 3.05) is 26.7 Å². The predicted molar refractivity (Wildman–Crippen MR) is 54.0 cm³/mol. The third-order valence-electron chi connectivity index (χ3n) is 2.38. The fraction of sp³-hybridized carbons (Fsp3) is 1.00. The molecule has 0 radical (unpaired) electrons. The number of hydrogen-bond acceptors (Lipinski definition) is 3. The van der Waals surface area contributed by atoms with Crippen LogP contribution in [0.1, 0.15) is 19.8 Å². The maximum absolute atomic E-state index is 11.7. The molecule has 0 aromatic heterocycles. The minimum absolute atomic E-state index is 0.235. The first-order valence-electron chi connectivity index (χ1n) is 4.88. The van der Waals surface area contributed by atoms with Crippen LogP contribution in [0.4, 0.5) is 0 Å². The fourth-order valence-electron chi connectivity index (χ4n) is 1.30. The van der Waals surface area contributed by atoms with Gasteiger partial charge in [-0.25, -0.2) is 0 Å². The van der Waals surface area contributed by atoms with Gasteiger partial charge in [-0.05, 0) is 6.42 Å². The molecule has 1 heterocycles. The van der Waals surface area contributed by atoms with Crippen molar-refractivity contribution in [2.45, 2.75) is 25.9 Å².